The second-order valence-electron chi connectivity index (χ2n) is 4.66. The van der Waals surface area contributed by atoms with Crippen molar-refractivity contribution in [1.29, 1.82) is 0 Å². The lowest BCUT2D eigenvalue weighted by molar-refractivity contribution is -0.140. The van der Waals surface area contributed by atoms with Crippen molar-refractivity contribution < 1.29 is 14.6 Å². The molecular weight excluding hydrogens is 230 g/mol. The minimum atomic E-state index is -0.198. The first-order chi connectivity index (χ1) is 8.70. The van der Waals surface area contributed by atoms with Gasteiger partial charge in [0.15, 0.2) is 0 Å². The van der Waals surface area contributed by atoms with Gasteiger partial charge < -0.3 is 14.7 Å². The summed E-state index contributed by atoms with van der Waals surface area (Å²) in [7, 11) is 0. The number of aliphatic hydroxyl groups excluding tert-OH is 1. The quantitative estimate of drug-likeness (QED) is 0.860. The standard InChI is InChI=1S/C14H19NO3/c1-11-2-4-12(5-3-11)8-14(17)15-6-7-18-10-13(15)9-16/h2-5,13,16H,6-10H2,1H3. The van der Waals surface area contributed by atoms with E-state index in [2.05, 4.69) is 0 Å². The molecule has 0 aromatic heterocycles. The zero-order valence-electron chi connectivity index (χ0n) is 10.6. The van der Waals surface area contributed by atoms with E-state index in [0.717, 1.165) is 5.56 Å². The highest BCUT2D eigenvalue weighted by molar-refractivity contribution is 5.79. The third kappa shape index (κ3) is 3.09. The number of carbonyl (C=O) groups is 1. The first-order valence-corrected chi connectivity index (χ1v) is 6.24. The SMILES string of the molecule is Cc1ccc(CC(=O)N2CCOCC2CO)cc1. The summed E-state index contributed by atoms with van der Waals surface area (Å²) in [6.07, 6.45) is 0.386. The first-order valence-electron chi connectivity index (χ1n) is 6.24. The molecule has 0 radical (unpaired) electrons. The zero-order valence-corrected chi connectivity index (χ0v) is 10.6. The van der Waals surface area contributed by atoms with Crippen molar-refractivity contribution in [3.63, 3.8) is 0 Å². The van der Waals surface area contributed by atoms with Crippen LogP contribution >= 0.6 is 0 Å². The van der Waals surface area contributed by atoms with Crippen LogP contribution in [0, 0.1) is 6.92 Å². The Kier molecular flexibility index (Phi) is 4.33. The van der Waals surface area contributed by atoms with Gasteiger partial charge in [-0.05, 0) is 12.5 Å². The second kappa shape index (κ2) is 5.98. The monoisotopic (exact) mass is 249 g/mol. The van der Waals surface area contributed by atoms with E-state index in [9.17, 15) is 9.90 Å². The van der Waals surface area contributed by atoms with Gasteiger partial charge in [0.25, 0.3) is 0 Å². The van der Waals surface area contributed by atoms with Crippen LogP contribution in [0.3, 0.4) is 0 Å². The van der Waals surface area contributed by atoms with Crippen LogP contribution in [0.25, 0.3) is 0 Å². The van der Waals surface area contributed by atoms with Gasteiger partial charge in [0.2, 0.25) is 5.91 Å². The summed E-state index contributed by atoms with van der Waals surface area (Å²) < 4.78 is 5.27. The van der Waals surface area contributed by atoms with Gasteiger partial charge in [0.1, 0.15) is 0 Å². The average molecular weight is 249 g/mol. The van der Waals surface area contributed by atoms with Gasteiger partial charge in [-0.2, -0.15) is 0 Å². The summed E-state index contributed by atoms with van der Waals surface area (Å²) in [6.45, 7) is 3.53. The molecule has 1 fully saturated rings. The summed E-state index contributed by atoms with van der Waals surface area (Å²) in [4.78, 5) is 13.9. The molecule has 4 heteroatoms. The minimum Gasteiger partial charge on any atom is -0.394 e. The summed E-state index contributed by atoms with van der Waals surface area (Å²) in [5.41, 5.74) is 2.19. The van der Waals surface area contributed by atoms with Crippen LogP contribution in [0.15, 0.2) is 24.3 Å². The van der Waals surface area contributed by atoms with Crippen LogP contribution in [-0.2, 0) is 16.0 Å². The van der Waals surface area contributed by atoms with Crippen LogP contribution in [-0.4, -0.2) is 48.3 Å². The number of aliphatic hydroxyl groups is 1. The summed E-state index contributed by atoms with van der Waals surface area (Å²) >= 11 is 0. The van der Waals surface area contributed by atoms with Gasteiger partial charge >= 0.3 is 0 Å². The fourth-order valence-corrected chi connectivity index (χ4v) is 2.12. The van der Waals surface area contributed by atoms with Gasteiger partial charge in [-0.15, -0.1) is 0 Å². The number of nitrogens with zero attached hydrogens (tertiary/aromatic N) is 1. The number of carbonyl (C=O) groups excluding carboxylic acids is 1. The van der Waals surface area contributed by atoms with Crippen LogP contribution in [0.2, 0.25) is 0 Å². The molecule has 18 heavy (non-hydrogen) atoms. The number of morpholine rings is 1. The third-order valence-electron chi connectivity index (χ3n) is 3.23. The molecule has 1 atom stereocenters. The maximum atomic E-state index is 12.2. The fraction of sp³-hybridized carbons (Fsp3) is 0.500. The molecule has 0 aliphatic carbocycles. The Morgan fingerprint density at radius 2 is 2.17 bits per heavy atom. The van der Waals surface area contributed by atoms with Crippen LogP contribution < -0.4 is 0 Å². The highest BCUT2D eigenvalue weighted by Crippen LogP contribution is 2.11. The molecule has 0 bridgehead atoms. The lowest BCUT2D eigenvalue weighted by atomic mass is 10.1. The summed E-state index contributed by atoms with van der Waals surface area (Å²) in [6, 6.07) is 7.76. The van der Waals surface area contributed by atoms with E-state index in [1.54, 1.807) is 4.90 Å². The van der Waals surface area contributed by atoms with Crippen LogP contribution in [0.1, 0.15) is 11.1 Å². The highest BCUT2D eigenvalue weighted by Gasteiger charge is 2.26. The molecule has 0 spiro atoms. The molecule has 4 nitrogen and oxygen atoms in total. The molecule has 1 aromatic rings. The second-order valence-corrected chi connectivity index (χ2v) is 4.66. The number of hydrogen-bond donors (Lipinski definition) is 1. The molecule has 1 amide bonds. The topological polar surface area (TPSA) is 49.8 Å². The maximum Gasteiger partial charge on any atom is 0.227 e. The highest BCUT2D eigenvalue weighted by atomic mass is 16.5. The summed E-state index contributed by atoms with van der Waals surface area (Å²) in [5, 5.41) is 9.24. The van der Waals surface area contributed by atoms with E-state index >= 15 is 0 Å². The Morgan fingerprint density at radius 3 is 2.83 bits per heavy atom. The number of ether oxygens (including phenoxy) is 1. The predicted octanol–water partition coefficient (Wildman–Crippen LogP) is 0.757. The lowest BCUT2D eigenvalue weighted by Crippen LogP contribution is -2.51. The molecule has 1 saturated heterocycles. The van der Waals surface area contributed by atoms with Crippen molar-refractivity contribution in [2.75, 3.05) is 26.4 Å². The van der Waals surface area contributed by atoms with Crippen molar-refractivity contribution in [2.24, 2.45) is 0 Å². The van der Waals surface area contributed by atoms with E-state index in [0.29, 0.717) is 26.2 Å². The Bertz CT molecular complexity index is 402. The van der Waals surface area contributed by atoms with Gasteiger partial charge in [0, 0.05) is 6.54 Å². The number of rotatable bonds is 3. The normalized spacial score (nSPS) is 19.9. The predicted molar refractivity (Wildman–Crippen MR) is 68.3 cm³/mol. The Hall–Kier alpha value is -1.39. The molecule has 1 heterocycles. The van der Waals surface area contributed by atoms with Crippen LogP contribution in [0.4, 0.5) is 0 Å². The lowest BCUT2D eigenvalue weighted by Gasteiger charge is -2.34. The number of hydrogen-bond acceptors (Lipinski definition) is 3. The molecule has 1 aliphatic heterocycles. The minimum absolute atomic E-state index is 0.0420. The summed E-state index contributed by atoms with van der Waals surface area (Å²) in [5.74, 6) is 0.0567. The number of amides is 1. The van der Waals surface area contributed by atoms with Crippen molar-refractivity contribution in [3.8, 4) is 0 Å². The molecule has 2 rings (SSSR count). The van der Waals surface area contributed by atoms with Crippen molar-refractivity contribution >= 4 is 5.91 Å². The Labute approximate surface area is 107 Å². The maximum absolute atomic E-state index is 12.2. The fourth-order valence-electron chi connectivity index (χ4n) is 2.12. The molecule has 1 N–H and O–H groups in total. The molecular formula is C14H19NO3. The largest absolute Gasteiger partial charge is 0.394 e. The molecule has 1 aliphatic rings. The van der Waals surface area contributed by atoms with Crippen molar-refractivity contribution in [2.45, 2.75) is 19.4 Å². The number of aryl methyl sites for hydroxylation is 1. The van der Waals surface area contributed by atoms with Gasteiger partial charge in [-0.1, -0.05) is 29.8 Å². The Balaban J connectivity index is 2.00. The molecule has 1 unspecified atom stereocenters. The van der Waals surface area contributed by atoms with Gasteiger partial charge in [-0.25, -0.2) is 0 Å². The van der Waals surface area contributed by atoms with E-state index in [1.165, 1.54) is 5.56 Å². The van der Waals surface area contributed by atoms with E-state index < -0.39 is 0 Å². The smallest absolute Gasteiger partial charge is 0.227 e. The average Bonchev–Trinajstić information content (AvgIpc) is 2.41. The van der Waals surface area contributed by atoms with Gasteiger partial charge in [0.05, 0.1) is 32.3 Å². The van der Waals surface area contributed by atoms with E-state index in [4.69, 9.17) is 4.74 Å². The van der Waals surface area contributed by atoms with Crippen molar-refractivity contribution in [1.82, 2.24) is 4.90 Å². The first kappa shape index (κ1) is 13.1. The Morgan fingerprint density at radius 1 is 1.44 bits per heavy atom. The van der Waals surface area contributed by atoms with Gasteiger partial charge in [-0.3, -0.25) is 4.79 Å². The van der Waals surface area contributed by atoms with E-state index in [1.807, 2.05) is 31.2 Å². The molecule has 0 saturated carbocycles. The van der Waals surface area contributed by atoms with E-state index in [-0.39, 0.29) is 18.6 Å². The van der Waals surface area contributed by atoms with Crippen molar-refractivity contribution in [3.05, 3.63) is 35.4 Å². The molecule has 98 valence electrons. The number of benzene rings is 1. The zero-order chi connectivity index (χ0) is 13.0. The molecule has 1 aromatic carbocycles. The van der Waals surface area contributed by atoms with Crippen LogP contribution in [0.5, 0.6) is 0 Å². The third-order valence-corrected chi connectivity index (χ3v) is 3.23.